The zero-order valence-electron chi connectivity index (χ0n) is 14.4. The Kier molecular flexibility index (Phi) is 5.41. The number of hydrogen-bond acceptors (Lipinski definition) is 6. The van der Waals surface area contributed by atoms with Crippen LogP contribution < -0.4 is 11.5 Å². The summed E-state index contributed by atoms with van der Waals surface area (Å²) in [5.74, 6) is -0.879. The fourth-order valence-electron chi connectivity index (χ4n) is 2.98. The van der Waals surface area contributed by atoms with Crippen LogP contribution in [0.5, 0.6) is 0 Å². The smallest absolute Gasteiger partial charge is 0.338 e. The molecule has 136 valence electrons. The molecule has 2 aromatic rings. The Bertz CT molecular complexity index is 704. The topological polar surface area (TPSA) is 105 Å². The van der Waals surface area contributed by atoms with E-state index in [-0.39, 0.29) is 0 Å². The SMILES string of the molecule is Nc1ccc(C(=O)OC2CCCCC2OC(=O)c2ccc(N)cc2)cc1. The summed E-state index contributed by atoms with van der Waals surface area (Å²) in [5, 5.41) is 0. The van der Waals surface area contributed by atoms with Gasteiger partial charge in [-0.2, -0.15) is 0 Å². The van der Waals surface area contributed by atoms with Crippen molar-refractivity contribution in [2.45, 2.75) is 37.9 Å². The molecule has 0 saturated heterocycles. The molecule has 6 nitrogen and oxygen atoms in total. The van der Waals surface area contributed by atoms with Crippen LogP contribution in [0.4, 0.5) is 11.4 Å². The maximum Gasteiger partial charge on any atom is 0.338 e. The van der Waals surface area contributed by atoms with Crippen molar-refractivity contribution in [1.29, 1.82) is 0 Å². The van der Waals surface area contributed by atoms with Gasteiger partial charge in [0.25, 0.3) is 0 Å². The third kappa shape index (κ3) is 4.33. The van der Waals surface area contributed by atoms with Gasteiger partial charge in [-0.25, -0.2) is 9.59 Å². The molecular formula is C20H22N2O4. The minimum absolute atomic E-state index is 0.424. The van der Waals surface area contributed by atoms with E-state index in [1.165, 1.54) is 0 Å². The molecule has 0 radical (unpaired) electrons. The molecule has 0 bridgehead atoms. The van der Waals surface area contributed by atoms with Crippen LogP contribution in [0.25, 0.3) is 0 Å². The predicted molar refractivity (Wildman–Crippen MR) is 98.6 cm³/mol. The first-order valence-electron chi connectivity index (χ1n) is 8.66. The zero-order valence-corrected chi connectivity index (χ0v) is 14.4. The summed E-state index contributed by atoms with van der Waals surface area (Å²) >= 11 is 0. The summed E-state index contributed by atoms with van der Waals surface area (Å²) in [5.41, 5.74) is 13.3. The molecule has 0 heterocycles. The number of hydrogen-bond donors (Lipinski definition) is 2. The van der Waals surface area contributed by atoms with Gasteiger partial charge in [-0.05, 0) is 74.2 Å². The first-order chi connectivity index (χ1) is 12.5. The van der Waals surface area contributed by atoms with Crippen molar-refractivity contribution in [3.05, 3.63) is 59.7 Å². The third-order valence-electron chi connectivity index (χ3n) is 4.45. The zero-order chi connectivity index (χ0) is 18.5. The van der Waals surface area contributed by atoms with E-state index >= 15 is 0 Å². The summed E-state index contributed by atoms with van der Waals surface area (Å²) in [4.78, 5) is 24.7. The van der Waals surface area contributed by atoms with E-state index in [0.717, 1.165) is 12.8 Å². The molecule has 0 aliphatic heterocycles. The molecule has 4 N–H and O–H groups in total. The van der Waals surface area contributed by atoms with Gasteiger partial charge in [-0.15, -0.1) is 0 Å². The molecule has 1 aliphatic rings. The van der Waals surface area contributed by atoms with Crippen molar-refractivity contribution in [2.24, 2.45) is 0 Å². The van der Waals surface area contributed by atoms with Gasteiger partial charge >= 0.3 is 11.9 Å². The lowest BCUT2D eigenvalue weighted by molar-refractivity contribution is -0.0514. The molecule has 1 saturated carbocycles. The van der Waals surface area contributed by atoms with Crippen molar-refractivity contribution >= 4 is 23.3 Å². The van der Waals surface area contributed by atoms with Crippen LogP contribution in [0.3, 0.4) is 0 Å². The van der Waals surface area contributed by atoms with E-state index in [1.54, 1.807) is 48.5 Å². The highest BCUT2D eigenvalue weighted by molar-refractivity contribution is 5.90. The Labute approximate surface area is 152 Å². The number of nitrogen functional groups attached to an aromatic ring is 2. The molecule has 2 unspecified atom stereocenters. The summed E-state index contributed by atoms with van der Waals surface area (Å²) in [6.45, 7) is 0. The summed E-state index contributed by atoms with van der Waals surface area (Å²) in [7, 11) is 0. The number of benzene rings is 2. The molecule has 0 spiro atoms. The van der Waals surface area contributed by atoms with Gasteiger partial charge < -0.3 is 20.9 Å². The van der Waals surface area contributed by atoms with Crippen LogP contribution in [0, 0.1) is 0 Å². The van der Waals surface area contributed by atoms with Crippen LogP contribution in [0.15, 0.2) is 48.5 Å². The Morgan fingerprint density at radius 1 is 0.692 bits per heavy atom. The highest BCUT2D eigenvalue weighted by Gasteiger charge is 2.32. The van der Waals surface area contributed by atoms with Crippen LogP contribution >= 0.6 is 0 Å². The predicted octanol–water partition coefficient (Wildman–Crippen LogP) is 3.18. The molecule has 3 rings (SSSR count). The lowest BCUT2D eigenvalue weighted by Crippen LogP contribution is -2.37. The molecular weight excluding hydrogens is 332 g/mol. The second-order valence-corrected chi connectivity index (χ2v) is 6.42. The molecule has 26 heavy (non-hydrogen) atoms. The van der Waals surface area contributed by atoms with E-state index in [4.69, 9.17) is 20.9 Å². The Hall–Kier alpha value is -3.02. The molecule has 2 atom stereocenters. The number of esters is 2. The number of anilines is 2. The van der Waals surface area contributed by atoms with Crippen molar-refractivity contribution in [1.82, 2.24) is 0 Å². The molecule has 1 fully saturated rings. The molecule has 0 amide bonds. The highest BCUT2D eigenvalue weighted by atomic mass is 16.6. The average Bonchev–Trinajstić information content (AvgIpc) is 2.64. The van der Waals surface area contributed by atoms with Crippen LogP contribution in [-0.4, -0.2) is 24.1 Å². The van der Waals surface area contributed by atoms with Crippen molar-refractivity contribution in [3.63, 3.8) is 0 Å². The van der Waals surface area contributed by atoms with Gasteiger partial charge in [0.15, 0.2) is 0 Å². The lowest BCUT2D eigenvalue weighted by Gasteiger charge is -2.30. The molecule has 2 aromatic carbocycles. The van der Waals surface area contributed by atoms with E-state index in [1.807, 2.05) is 0 Å². The standard InChI is InChI=1S/C20H22N2O4/c21-15-9-5-13(6-10-15)19(23)25-17-3-1-2-4-18(17)26-20(24)14-7-11-16(22)12-8-14/h5-12,17-18H,1-4,21-22H2. The van der Waals surface area contributed by atoms with Gasteiger partial charge in [0.05, 0.1) is 11.1 Å². The molecule has 6 heteroatoms. The summed E-state index contributed by atoms with van der Waals surface area (Å²) in [6.07, 6.45) is 2.28. The van der Waals surface area contributed by atoms with Crippen molar-refractivity contribution in [2.75, 3.05) is 11.5 Å². The van der Waals surface area contributed by atoms with Gasteiger partial charge in [0, 0.05) is 11.4 Å². The van der Waals surface area contributed by atoms with Crippen LogP contribution in [0.1, 0.15) is 46.4 Å². The summed E-state index contributed by atoms with van der Waals surface area (Å²) < 4.78 is 11.2. The van der Waals surface area contributed by atoms with Gasteiger partial charge in [0.1, 0.15) is 12.2 Å². The lowest BCUT2D eigenvalue weighted by atomic mass is 9.94. The molecule has 1 aliphatic carbocycles. The second-order valence-electron chi connectivity index (χ2n) is 6.42. The minimum atomic E-state index is -0.452. The Morgan fingerprint density at radius 2 is 1.04 bits per heavy atom. The van der Waals surface area contributed by atoms with Gasteiger partial charge in [-0.1, -0.05) is 0 Å². The third-order valence-corrected chi connectivity index (χ3v) is 4.45. The number of carbonyl (C=O) groups excluding carboxylic acids is 2. The Morgan fingerprint density at radius 3 is 1.38 bits per heavy atom. The Balaban J connectivity index is 1.65. The van der Waals surface area contributed by atoms with E-state index in [0.29, 0.717) is 35.3 Å². The van der Waals surface area contributed by atoms with Crippen LogP contribution in [-0.2, 0) is 9.47 Å². The fraction of sp³-hybridized carbons (Fsp3) is 0.300. The number of carbonyl (C=O) groups is 2. The molecule has 0 aromatic heterocycles. The largest absolute Gasteiger partial charge is 0.455 e. The monoisotopic (exact) mass is 354 g/mol. The van der Waals surface area contributed by atoms with E-state index in [9.17, 15) is 9.59 Å². The van der Waals surface area contributed by atoms with E-state index in [2.05, 4.69) is 0 Å². The maximum absolute atomic E-state index is 12.3. The first-order valence-corrected chi connectivity index (χ1v) is 8.66. The average molecular weight is 354 g/mol. The number of rotatable bonds is 4. The number of ether oxygens (including phenoxy) is 2. The first kappa shape index (κ1) is 17.8. The van der Waals surface area contributed by atoms with Crippen molar-refractivity contribution < 1.29 is 19.1 Å². The highest BCUT2D eigenvalue weighted by Crippen LogP contribution is 2.26. The quantitative estimate of drug-likeness (QED) is 0.645. The van der Waals surface area contributed by atoms with Gasteiger partial charge in [0.2, 0.25) is 0 Å². The van der Waals surface area contributed by atoms with E-state index < -0.39 is 24.1 Å². The maximum atomic E-state index is 12.3. The van der Waals surface area contributed by atoms with Gasteiger partial charge in [-0.3, -0.25) is 0 Å². The normalized spacial score (nSPS) is 19.5. The fourth-order valence-corrected chi connectivity index (χ4v) is 2.98. The second kappa shape index (κ2) is 7.91. The minimum Gasteiger partial charge on any atom is -0.455 e. The van der Waals surface area contributed by atoms with Crippen molar-refractivity contribution in [3.8, 4) is 0 Å². The number of nitrogens with two attached hydrogens (primary N) is 2. The van der Waals surface area contributed by atoms with Crippen LogP contribution in [0.2, 0.25) is 0 Å². The summed E-state index contributed by atoms with van der Waals surface area (Å²) in [6, 6.07) is 13.1.